The molecule has 1 saturated carbocycles. The minimum Gasteiger partial charge on any atom is -0.390 e. The number of amides is 1. The van der Waals surface area contributed by atoms with Gasteiger partial charge in [0, 0.05) is 25.1 Å². The fourth-order valence-corrected chi connectivity index (χ4v) is 2.67. The summed E-state index contributed by atoms with van der Waals surface area (Å²) in [5.41, 5.74) is -0.512. The summed E-state index contributed by atoms with van der Waals surface area (Å²) in [6.45, 7) is 1.47. The van der Waals surface area contributed by atoms with Crippen LogP contribution in [0.1, 0.15) is 23.4 Å². The summed E-state index contributed by atoms with van der Waals surface area (Å²) in [7, 11) is 1.58. The minimum atomic E-state index is -0.812. The topological polar surface area (TPSA) is 114 Å². The number of ether oxygens (including phenoxy) is 2. The van der Waals surface area contributed by atoms with Gasteiger partial charge in [-0.1, -0.05) is 5.16 Å². The van der Waals surface area contributed by atoms with Gasteiger partial charge in [-0.15, -0.1) is 0 Å². The molecule has 8 heteroatoms. The molecule has 0 radical (unpaired) electrons. The summed E-state index contributed by atoms with van der Waals surface area (Å²) >= 11 is 0. The molecule has 0 spiro atoms. The Kier molecular flexibility index (Phi) is 5.90. The summed E-state index contributed by atoms with van der Waals surface area (Å²) in [6, 6.07) is 1.47. The van der Waals surface area contributed by atoms with Gasteiger partial charge >= 0.3 is 0 Å². The fraction of sp³-hybridized carbons (Fsp3) is 0.714. The zero-order chi connectivity index (χ0) is 16.0. The van der Waals surface area contributed by atoms with E-state index in [-0.39, 0.29) is 18.2 Å². The van der Waals surface area contributed by atoms with Crippen molar-refractivity contribution in [3.63, 3.8) is 0 Å². The van der Waals surface area contributed by atoms with Crippen molar-refractivity contribution in [3.8, 4) is 0 Å². The monoisotopic (exact) mass is 314 g/mol. The number of aliphatic hydroxyl groups is 2. The van der Waals surface area contributed by atoms with E-state index >= 15 is 0 Å². The SMILES string of the molecule is COCCOCC1(CNC(=O)c2ccno2)C[C@@H](O)[C@@H](O)C1. The molecule has 2 rings (SSSR count). The van der Waals surface area contributed by atoms with Crippen LogP contribution in [0.4, 0.5) is 0 Å². The molecule has 1 fully saturated rings. The summed E-state index contributed by atoms with van der Waals surface area (Å²) in [5.74, 6) is -0.265. The minimum absolute atomic E-state index is 0.120. The highest BCUT2D eigenvalue weighted by Crippen LogP contribution is 2.38. The molecule has 3 atom stereocenters. The lowest BCUT2D eigenvalue weighted by Crippen LogP contribution is -2.40. The third kappa shape index (κ3) is 4.26. The number of hydrogen-bond donors (Lipinski definition) is 3. The molecule has 1 aliphatic carbocycles. The van der Waals surface area contributed by atoms with Gasteiger partial charge in [-0.3, -0.25) is 4.79 Å². The molecular weight excluding hydrogens is 292 g/mol. The van der Waals surface area contributed by atoms with Crippen LogP contribution in [-0.4, -0.2) is 67.0 Å². The first-order valence-electron chi connectivity index (χ1n) is 7.18. The van der Waals surface area contributed by atoms with E-state index in [0.29, 0.717) is 32.7 Å². The van der Waals surface area contributed by atoms with Gasteiger partial charge in [0.15, 0.2) is 0 Å². The van der Waals surface area contributed by atoms with E-state index in [1.165, 1.54) is 12.3 Å². The molecule has 1 amide bonds. The van der Waals surface area contributed by atoms with Crippen LogP contribution in [0.2, 0.25) is 0 Å². The summed E-state index contributed by atoms with van der Waals surface area (Å²) in [5, 5.41) is 25.9. The predicted molar refractivity (Wildman–Crippen MR) is 75.2 cm³/mol. The second kappa shape index (κ2) is 7.68. The van der Waals surface area contributed by atoms with Crippen molar-refractivity contribution in [2.75, 3.05) is 33.5 Å². The number of aliphatic hydroxyl groups excluding tert-OH is 2. The van der Waals surface area contributed by atoms with E-state index in [0.717, 1.165) is 0 Å². The molecule has 1 aromatic heterocycles. The van der Waals surface area contributed by atoms with Gasteiger partial charge in [0.25, 0.3) is 5.91 Å². The highest BCUT2D eigenvalue weighted by molar-refractivity contribution is 5.91. The van der Waals surface area contributed by atoms with Crippen molar-refractivity contribution in [2.45, 2.75) is 25.0 Å². The van der Waals surface area contributed by atoms with Gasteiger partial charge in [-0.25, -0.2) is 0 Å². The average molecular weight is 314 g/mol. The van der Waals surface area contributed by atoms with Crippen LogP contribution in [0.5, 0.6) is 0 Å². The van der Waals surface area contributed by atoms with Crippen LogP contribution in [0, 0.1) is 5.41 Å². The van der Waals surface area contributed by atoms with Crippen LogP contribution in [0.3, 0.4) is 0 Å². The Morgan fingerprint density at radius 3 is 2.77 bits per heavy atom. The molecule has 1 aromatic rings. The number of aromatic nitrogens is 1. The molecule has 3 N–H and O–H groups in total. The summed E-state index contributed by atoms with van der Waals surface area (Å²) in [6.07, 6.45) is 0.485. The van der Waals surface area contributed by atoms with E-state index in [1.54, 1.807) is 7.11 Å². The first kappa shape index (κ1) is 16.9. The normalized spacial score (nSPS) is 28.0. The number of methoxy groups -OCH3 is 1. The third-order valence-electron chi connectivity index (χ3n) is 3.85. The van der Waals surface area contributed by atoms with Gasteiger partial charge in [-0.05, 0) is 12.8 Å². The highest BCUT2D eigenvalue weighted by Gasteiger charge is 2.44. The lowest BCUT2D eigenvalue weighted by atomic mass is 9.86. The molecule has 22 heavy (non-hydrogen) atoms. The molecule has 0 aliphatic heterocycles. The Labute approximate surface area is 128 Å². The van der Waals surface area contributed by atoms with Crippen LogP contribution in [0.15, 0.2) is 16.8 Å². The van der Waals surface area contributed by atoms with Crippen LogP contribution < -0.4 is 5.32 Å². The zero-order valence-corrected chi connectivity index (χ0v) is 12.5. The van der Waals surface area contributed by atoms with Crippen molar-refractivity contribution < 1.29 is 29.0 Å². The molecule has 0 bridgehead atoms. The first-order chi connectivity index (χ1) is 10.6. The van der Waals surface area contributed by atoms with E-state index in [2.05, 4.69) is 10.5 Å². The number of carbonyl (C=O) groups is 1. The van der Waals surface area contributed by atoms with Crippen molar-refractivity contribution in [3.05, 3.63) is 18.0 Å². The molecule has 1 unspecified atom stereocenters. The van der Waals surface area contributed by atoms with Crippen molar-refractivity contribution in [1.82, 2.24) is 10.5 Å². The maximum Gasteiger partial charge on any atom is 0.289 e. The lowest BCUT2D eigenvalue weighted by Gasteiger charge is -2.28. The standard InChI is InChI=1S/C14H22N2O6/c1-20-4-5-21-9-14(6-10(17)11(18)7-14)8-15-13(19)12-2-3-16-22-12/h2-3,10-11,17-18H,4-9H2,1H3,(H,15,19)/t10-,11+,14?. The number of nitrogens with one attached hydrogen (secondary N) is 1. The van der Waals surface area contributed by atoms with Gasteiger partial charge in [0.1, 0.15) is 0 Å². The molecule has 1 heterocycles. The summed E-state index contributed by atoms with van der Waals surface area (Å²) in [4.78, 5) is 11.9. The van der Waals surface area contributed by atoms with E-state index < -0.39 is 17.6 Å². The van der Waals surface area contributed by atoms with E-state index in [9.17, 15) is 15.0 Å². The smallest absolute Gasteiger partial charge is 0.289 e. The largest absolute Gasteiger partial charge is 0.390 e. The van der Waals surface area contributed by atoms with E-state index in [4.69, 9.17) is 14.0 Å². The first-order valence-corrected chi connectivity index (χ1v) is 7.18. The van der Waals surface area contributed by atoms with E-state index in [1.807, 2.05) is 0 Å². The fourth-order valence-electron chi connectivity index (χ4n) is 2.67. The molecule has 124 valence electrons. The Hall–Kier alpha value is -1.48. The van der Waals surface area contributed by atoms with Crippen molar-refractivity contribution in [1.29, 1.82) is 0 Å². The van der Waals surface area contributed by atoms with Gasteiger partial charge in [-0.2, -0.15) is 0 Å². The molecule has 0 saturated heterocycles. The lowest BCUT2D eigenvalue weighted by molar-refractivity contribution is 0.0112. The average Bonchev–Trinajstić information content (AvgIpc) is 3.11. The Morgan fingerprint density at radius 1 is 1.45 bits per heavy atom. The highest BCUT2D eigenvalue weighted by atomic mass is 16.5. The predicted octanol–water partition coefficient (Wildman–Crippen LogP) is -0.431. The van der Waals surface area contributed by atoms with Gasteiger partial charge in [0.2, 0.25) is 5.76 Å². The third-order valence-corrected chi connectivity index (χ3v) is 3.85. The van der Waals surface area contributed by atoms with Gasteiger partial charge in [0.05, 0.1) is 38.2 Å². The zero-order valence-electron chi connectivity index (χ0n) is 12.5. The second-order valence-electron chi connectivity index (χ2n) is 5.65. The number of nitrogens with zero attached hydrogens (tertiary/aromatic N) is 1. The Balaban J connectivity index is 1.91. The molecule has 1 aliphatic rings. The van der Waals surface area contributed by atoms with Crippen LogP contribution >= 0.6 is 0 Å². The van der Waals surface area contributed by atoms with Crippen molar-refractivity contribution in [2.24, 2.45) is 5.41 Å². The Morgan fingerprint density at radius 2 is 2.18 bits per heavy atom. The van der Waals surface area contributed by atoms with Crippen LogP contribution in [-0.2, 0) is 9.47 Å². The number of carbonyl (C=O) groups excluding carboxylic acids is 1. The number of hydrogen-bond acceptors (Lipinski definition) is 7. The van der Waals surface area contributed by atoms with Crippen molar-refractivity contribution >= 4 is 5.91 Å². The molecular formula is C14H22N2O6. The quantitative estimate of drug-likeness (QED) is 0.558. The molecule has 8 nitrogen and oxygen atoms in total. The molecule has 0 aromatic carbocycles. The number of rotatable bonds is 8. The summed E-state index contributed by atoms with van der Waals surface area (Å²) < 4.78 is 15.3. The van der Waals surface area contributed by atoms with Crippen LogP contribution in [0.25, 0.3) is 0 Å². The maximum absolute atomic E-state index is 11.9. The Bertz CT molecular complexity index is 454. The van der Waals surface area contributed by atoms with Gasteiger partial charge < -0.3 is 29.5 Å². The maximum atomic E-state index is 11.9. The second-order valence-corrected chi connectivity index (χ2v) is 5.65.